The number of hydrogen-bond donors (Lipinski definition) is 3. The Balaban J connectivity index is 1.38. The highest BCUT2D eigenvalue weighted by molar-refractivity contribution is 5.95. The van der Waals surface area contributed by atoms with Gasteiger partial charge in [-0.2, -0.15) is 0 Å². The van der Waals surface area contributed by atoms with Crippen LogP contribution in [0.5, 0.6) is 5.75 Å². The van der Waals surface area contributed by atoms with E-state index < -0.39 is 58.6 Å². The summed E-state index contributed by atoms with van der Waals surface area (Å²) in [5, 5.41) is 16.8. The molecule has 1 fully saturated rings. The number of aliphatic hydroxyl groups is 1. The lowest BCUT2D eigenvalue weighted by molar-refractivity contribution is -0.275. The van der Waals surface area contributed by atoms with Gasteiger partial charge >= 0.3 is 24.3 Å². The van der Waals surface area contributed by atoms with Crippen LogP contribution in [-0.4, -0.2) is 109 Å². The number of methoxy groups -OCH3 is 2. The summed E-state index contributed by atoms with van der Waals surface area (Å²) in [7, 11) is 2.34. The summed E-state index contributed by atoms with van der Waals surface area (Å²) in [6, 6.07) is 9.09. The summed E-state index contributed by atoms with van der Waals surface area (Å²) in [5.74, 6) is -3.53. The molecule has 1 spiro atoms. The Hall–Kier alpha value is -5.28. The van der Waals surface area contributed by atoms with Crippen molar-refractivity contribution < 1.29 is 51.6 Å². The second-order valence-corrected chi connectivity index (χ2v) is 16.2. The first-order valence-electron chi connectivity index (χ1n) is 19.6. The first kappa shape index (κ1) is 38.2. The van der Waals surface area contributed by atoms with Gasteiger partial charge in [-0.05, 0) is 54.9 Å². The third-order valence-electron chi connectivity index (χ3n) is 13.3. The van der Waals surface area contributed by atoms with Crippen molar-refractivity contribution in [3.05, 3.63) is 93.9 Å². The molecule has 1 aromatic heterocycles. The Bertz CT molecular complexity index is 2350. The fraction of sp³-hybridized carbons (Fsp3) is 0.465. The number of aromatic nitrogens is 1. The fourth-order valence-corrected chi connectivity index (χ4v) is 11.2. The maximum absolute atomic E-state index is 15.1. The Kier molecular flexibility index (Phi) is 8.82. The molecule has 9 rings (SSSR count). The van der Waals surface area contributed by atoms with Crippen LogP contribution in [0.1, 0.15) is 55.5 Å². The monoisotopic (exact) mass is 802 g/mol. The van der Waals surface area contributed by atoms with Gasteiger partial charge in [-0.1, -0.05) is 48.9 Å². The number of carbonyl (C=O) groups is 3. The second kappa shape index (κ2) is 13.4. The quantitative estimate of drug-likeness (QED) is 0.173. The third-order valence-corrected chi connectivity index (χ3v) is 13.3. The summed E-state index contributed by atoms with van der Waals surface area (Å²) in [4.78, 5) is 49.5. The molecule has 0 amide bonds. The molecular formula is C43H45F3N4O8. The Morgan fingerprint density at radius 1 is 1.05 bits per heavy atom. The summed E-state index contributed by atoms with van der Waals surface area (Å²) in [5.41, 5.74) is -1.03. The molecule has 0 radical (unpaired) electrons. The van der Waals surface area contributed by atoms with E-state index in [-0.39, 0.29) is 23.6 Å². The van der Waals surface area contributed by atoms with Gasteiger partial charge in [-0.25, -0.2) is 4.79 Å². The number of carbonyl (C=O) groups excluding carboxylic acids is 3. The largest absolute Gasteiger partial charge is 0.573 e. The van der Waals surface area contributed by atoms with E-state index in [1.165, 1.54) is 25.7 Å². The van der Waals surface area contributed by atoms with Crippen molar-refractivity contribution in [2.45, 2.75) is 74.5 Å². The molecule has 1 saturated heterocycles. The summed E-state index contributed by atoms with van der Waals surface area (Å²) in [6.45, 7) is 6.10. The second-order valence-electron chi connectivity index (χ2n) is 16.2. The molecule has 3 N–H and O–H groups in total. The average molecular weight is 803 g/mol. The molecule has 1 aliphatic carbocycles. The number of rotatable bonds is 6. The van der Waals surface area contributed by atoms with E-state index in [2.05, 4.69) is 33.1 Å². The third kappa shape index (κ3) is 5.38. The van der Waals surface area contributed by atoms with E-state index in [0.29, 0.717) is 67.1 Å². The zero-order valence-electron chi connectivity index (χ0n) is 32.6. The molecule has 2 bridgehead atoms. The zero-order chi connectivity index (χ0) is 40.9. The Morgan fingerprint density at radius 3 is 2.55 bits per heavy atom. The first-order valence-corrected chi connectivity index (χ1v) is 19.6. The molecule has 6 heterocycles. The van der Waals surface area contributed by atoms with Gasteiger partial charge in [0.2, 0.25) is 5.60 Å². The number of halogens is 3. The van der Waals surface area contributed by atoms with Gasteiger partial charge in [0.25, 0.3) is 0 Å². The number of anilines is 1. The van der Waals surface area contributed by atoms with Crippen LogP contribution in [0.15, 0.2) is 71.5 Å². The van der Waals surface area contributed by atoms with E-state index in [1.807, 2.05) is 30.3 Å². The van der Waals surface area contributed by atoms with Gasteiger partial charge < -0.3 is 39.3 Å². The number of H-pyrrole nitrogens is 1. The average Bonchev–Trinajstić information content (AvgIpc) is 3.88. The van der Waals surface area contributed by atoms with E-state index in [1.54, 1.807) is 12.1 Å². The standard InChI is InChI=1S/C43H45F3N4O8/c1-5-24-17-25-20-41(38(52)55-3,34-27(12-15-49(21-24)22-25)26-9-6-7-11-31(26)47-34)30-18-29-32(19-33(30)58-43(44,45)46)48-37-40(29)13-16-50-14-8-10-28(35(40)50)36(57-23(2)51)42(37,54)39(53)56-4/h6-11,17-19,25,36-37,47-48,54H,5,12-16,20-22H2,1-4H3. The summed E-state index contributed by atoms with van der Waals surface area (Å²) < 4.78 is 65.9. The predicted molar refractivity (Wildman–Crippen MR) is 205 cm³/mol. The van der Waals surface area contributed by atoms with Gasteiger partial charge in [0, 0.05) is 84.8 Å². The minimum atomic E-state index is -5.19. The summed E-state index contributed by atoms with van der Waals surface area (Å²) >= 11 is 0. The van der Waals surface area contributed by atoms with E-state index >= 15 is 4.79 Å². The maximum Gasteiger partial charge on any atom is 0.573 e. The van der Waals surface area contributed by atoms with Crippen LogP contribution >= 0.6 is 0 Å². The molecule has 0 saturated carbocycles. The topological polar surface area (TPSA) is 143 Å². The van der Waals surface area contributed by atoms with Crippen molar-refractivity contribution in [1.29, 1.82) is 0 Å². The molecule has 3 aromatic rings. The molecule has 58 heavy (non-hydrogen) atoms. The van der Waals surface area contributed by atoms with Gasteiger partial charge in [0.05, 0.1) is 25.7 Å². The SMILES string of the molecule is CCC1=CC2CN(CCc3c([nH]c4ccccc34)C(C(=O)OC)(c3cc4c(cc3OC(F)(F)F)NC3C45CCN4CC=CC(=C45)C(OC(C)=O)C3(O)C(=O)OC)C2)C1. The lowest BCUT2D eigenvalue weighted by Crippen LogP contribution is -2.70. The van der Waals surface area contributed by atoms with Crippen LogP contribution in [-0.2, 0) is 45.8 Å². The minimum absolute atomic E-state index is 0.0415. The normalized spacial score (nSPS) is 30.8. The van der Waals surface area contributed by atoms with Crippen LogP contribution in [0.3, 0.4) is 0 Å². The number of benzene rings is 2. The molecule has 12 nitrogen and oxygen atoms in total. The summed E-state index contributed by atoms with van der Waals surface area (Å²) in [6.07, 6.45) is 0.606. The first-order chi connectivity index (χ1) is 27.7. The van der Waals surface area contributed by atoms with Crippen LogP contribution in [0.25, 0.3) is 10.9 Å². The molecule has 6 aliphatic rings. The molecule has 306 valence electrons. The minimum Gasteiger partial charge on any atom is -0.468 e. The highest BCUT2D eigenvalue weighted by Gasteiger charge is 2.72. The van der Waals surface area contributed by atoms with Crippen LogP contribution in [0, 0.1) is 5.92 Å². The van der Waals surface area contributed by atoms with Crippen molar-refractivity contribution in [2.24, 2.45) is 5.92 Å². The van der Waals surface area contributed by atoms with Crippen molar-refractivity contribution in [3.8, 4) is 5.75 Å². The van der Waals surface area contributed by atoms with Crippen molar-refractivity contribution in [2.75, 3.05) is 52.3 Å². The van der Waals surface area contributed by atoms with Gasteiger partial charge in [0.15, 0.2) is 6.10 Å². The number of nitrogens with one attached hydrogen (secondary N) is 2. The molecule has 15 heteroatoms. The lowest BCUT2D eigenvalue weighted by Gasteiger charge is -2.51. The smallest absolute Gasteiger partial charge is 0.468 e. The highest BCUT2D eigenvalue weighted by Crippen LogP contribution is 2.63. The Morgan fingerprint density at radius 2 is 1.83 bits per heavy atom. The van der Waals surface area contributed by atoms with Crippen molar-refractivity contribution >= 4 is 34.5 Å². The number of fused-ring (bicyclic) bond motifs is 6. The maximum atomic E-state index is 15.1. The number of ether oxygens (including phenoxy) is 4. The van der Waals surface area contributed by atoms with Gasteiger partial charge in [-0.15, -0.1) is 13.2 Å². The molecular weight excluding hydrogens is 757 g/mol. The molecule has 5 aliphatic heterocycles. The van der Waals surface area contributed by atoms with Crippen molar-refractivity contribution in [3.63, 3.8) is 0 Å². The molecule has 7 unspecified atom stereocenters. The van der Waals surface area contributed by atoms with Crippen molar-refractivity contribution in [1.82, 2.24) is 14.8 Å². The zero-order valence-corrected chi connectivity index (χ0v) is 32.6. The van der Waals surface area contributed by atoms with E-state index in [4.69, 9.17) is 18.9 Å². The highest BCUT2D eigenvalue weighted by atomic mass is 19.4. The van der Waals surface area contributed by atoms with Crippen LogP contribution in [0.2, 0.25) is 0 Å². The van der Waals surface area contributed by atoms with E-state index in [9.17, 15) is 27.9 Å². The number of nitrogens with zero attached hydrogens (tertiary/aromatic N) is 2. The molecule has 2 aromatic carbocycles. The van der Waals surface area contributed by atoms with Gasteiger partial charge in [0.1, 0.15) is 11.2 Å². The number of para-hydroxylation sites is 1. The molecule has 7 atom stereocenters. The van der Waals surface area contributed by atoms with Gasteiger partial charge in [-0.3, -0.25) is 14.5 Å². The number of hydrogen-bond acceptors (Lipinski definition) is 11. The Labute approximate surface area is 332 Å². The lowest BCUT2D eigenvalue weighted by atomic mass is 9.59. The fourth-order valence-electron chi connectivity index (χ4n) is 11.2. The number of alkyl halides is 3. The number of aromatic amines is 1. The van der Waals surface area contributed by atoms with Crippen LogP contribution < -0.4 is 10.1 Å². The number of esters is 3. The van der Waals surface area contributed by atoms with E-state index in [0.717, 1.165) is 31.0 Å². The predicted octanol–water partition coefficient (Wildman–Crippen LogP) is 5.15. The van der Waals surface area contributed by atoms with Crippen LogP contribution in [0.4, 0.5) is 18.9 Å².